The van der Waals surface area contributed by atoms with Crippen LogP contribution < -0.4 is 5.73 Å². The lowest BCUT2D eigenvalue weighted by Gasteiger charge is -1.99. The summed E-state index contributed by atoms with van der Waals surface area (Å²) in [6.45, 7) is 3.95. The highest BCUT2D eigenvalue weighted by molar-refractivity contribution is 5.94. The van der Waals surface area contributed by atoms with E-state index in [9.17, 15) is 4.79 Å². The number of Topliss-reactive ketones (excluding diaryl/α,β-unsaturated/α-hetero) is 1. The van der Waals surface area contributed by atoms with Crippen molar-refractivity contribution >= 4 is 5.78 Å². The van der Waals surface area contributed by atoms with Crippen molar-refractivity contribution in [1.29, 1.82) is 0 Å². The molecular weight excluding hydrogens is 150 g/mol. The van der Waals surface area contributed by atoms with E-state index in [2.05, 4.69) is 6.92 Å². The van der Waals surface area contributed by atoms with Crippen LogP contribution in [0, 0.1) is 0 Å². The van der Waals surface area contributed by atoms with Crippen molar-refractivity contribution in [1.82, 2.24) is 0 Å². The Morgan fingerprint density at radius 2 is 2.00 bits per heavy atom. The first kappa shape index (κ1) is 11.2. The van der Waals surface area contributed by atoms with Crippen LogP contribution in [0.4, 0.5) is 0 Å². The summed E-state index contributed by atoms with van der Waals surface area (Å²) in [7, 11) is 0. The number of rotatable bonds is 6. The molecule has 0 saturated heterocycles. The van der Waals surface area contributed by atoms with Gasteiger partial charge in [-0.1, -0.05) is 32.3 Å². The molecule has 0 aliphatic heterocycles. The molecule has 0 aliphatic rings. The number of hydrogen-bond donors (Lipinski definition) is 1. The van der Waals surface area contributed by atoms with Crippen molar-refractivity contribution in [2.75, 3.05) is 0 Å². The molecule has 0 rings (SSSR count). The molecule has 2 nitrogen and oxygen atoms in total. The average molecular weight is 169 g/mol. The predicted molar refractivity (Wildman–Crippen MR) is 51.7 cm³/mol. The van der Waals surface area contributed by atoms with Gasteiger partial charge >= 0.3 is 0 Å². The molecule has 0 amide bonds. The highest BCUT2D eigenvalue weighted by Crippen LogP contribution is 2.04. The molecule has 0 aromatic heterocycles. The zero-order valence-electron chi connectivity index (χ0n) is 8.10. The Hall–Kier alpha value is -0.790. The lowest BCUT2D eigenvalue weighted by molar-refractivity contribution is -0.115. The molecule has 0 saturated carbocycles. The summed E-state index contributed by atoms with van der Waals surface area (Å²) in [4.78, 5) is 11.1. The number of carbonyl (C=O) groups is 1. The van der Waals surface area contributed by atoms with E-state index < -0.39 is 0 Å². The van der Waals surface area contributed by atoms with E-state index in [-0.39, 0.29) is 5.78 Å². The fourth-order valence-corrected chi connectivity index (χ4v) is 1.02. The number of nitrogens with two attached hydrogens (primary N) is 1. The Kier molecular flexibility index (Phi) is 6.44. The van der Waals surface area contributed by atoms with Gasteiger partial charge in [-0.3, -0.25) is 4.79 Å². The van der Waals surface area contributed by atoms with Crippen molar-refractivity contribution in [2.45, 2.75) is 46.0 Å². The Morgan fingerprint density at radius 1 is 1.33 bits per heavy atom. The molecule has 0 unspecified atom stereocenters. The maximum atomic E-state index is 11.1. The topological polar surface area (TPSA) is 43.1 Å². The zero-order chi connectivity index (χ0) is 9.40. The Bertz CT molecular complexity index is 161. The molecule has 0 heterocycles. The van der Waals surface area contributed by atoms with E-state index in [1.165, 1.54) is 12.8 Å². The first-order valence-corrected chi connectivity index (χ1v) is 4.67. The molecule has 0 fully saturated rings. The Balaban J connectivity index is 3.45. The van der Waals surface area contributed by atoms with E-state index >= 15 is 0 Å². The summed E-state index contributed by atoms with van der Waals surface area (Å²) in [5.74, 6) is 0.0913. The first-order valence-electron chi connectivity index (χ1n) is 4.67. The Labute approximate surface area is 74.8 Å². The fourth-order valence-electron chi connectivity index (χ4n) is 1.02. The van der Waals surface area contributed by atoms with Crippen LogP contribution in [0.1, 0.15) is 46.0 Å². The SMILES string of the molecule is CC=C(N)C(=O)CCCCCC. The van der Waals surface area contributed by atoms with Crippen LogP contribution in [0.2, 0.25) is 0 Å². The summed E-state index contributed by atoms with van der Waals surface area (Å²) in [5.41, 5.74) is 5.85. The second-order valence-corrected chi connectivity index (χ2v) is 2.98. The summed E-state index contributed by atoms with van der Waals surface area (Å²) >= 11 is 0. The Morgan fingerprint density at radius 3 is 2.50 bits per heavy atom. The quantitative estimate of drug-likeness (QED) is 0.490. The number of carbonyl (C=O) groups excluding carboxylic acids is 1. The van der Waals surface area contributed by atoms with Gasteiger partial charge in [-0.25, -0.2) is 0 Å². The van der Waals surface area contributed by atoms with Crippen LogP contribution in [0.3, 0.4) is 0 Å². The van der Waals surface area contributed by atoms with Crippen LogP contribution in [0.5, 0.6) is 0 Å². The van der Waals surface area contributed by atoms with E-state index in [0.717, 1.165) is 12.8 Å². The maximum Gasteiger partial charge on any atom is 0.178 e. The second-order valence-electron chi connectivity index (χ2n) is 2.98. The van der Waals surface area contributed by atoms with Gasteiger partial charge in [0.25, 0.3) is 0 Å². The van der Waals surface area contributed by atoms with E-state index in [1.54, 1.807) is 13.0 Å². The minimum absolute atomic E-state index is 0.0913. The fraction of sp³-hybridized carbons (Fsp3) is 0.700. The zero-order valence-corrected chi connectivity index (χ0v) is 8.10. The predicted octanol–water partition coefficient (Wildman–Crippen LogP) is 2.39. The monoisotopic (exact) mass is 169 g/mol. The van der Waals surface area contributed by atoms with Gasteiger partial charge in [0.15, 0.2) is 5.78 Å². The minimum Gasteiger partial charge on any atom is -0.396 e. The highest BCUT2D eigenvalue weighted by atomic mass is 16.1. The van der Waals surface area contributed by atoms with Gasteiger partial charge < -0.3 is 5.73 Å². The summed E-state index contributed by atoms with van der Waals surface area (Å²) in [6.07, 6.45) is 6.80. The standard InChI is InChI=1S/C10H19NO/c1-3-5-6-7-8-10(12)9(11)4-2/h4H,3,5-8,11H2,1-2H3. The third kappa shape index (κ3) is 4.94. The van der Waals surface area contributed by atoms with E-state index in [4.69, 9.17) is 5.73 Å². The summed E-state index contributed by atoms with van der Waals surface area (Å²) in [5, 5.41) is 0. The van der Waals surface area contributed by atoms with Gasteiger partial charge in [-0.15, -0.1) is 0 Å². The van der Waals surface area contributed by atoms with Crippen LogP contribution >= 0.6 is 0 Å². The van der Waals surface area contributed by atoms with E-state index in [0.29, 0.717) is 12.1 Å². The van der Waals surface area contributed by atoms with Crippen LogP contribution in [0.15, 0.2) is 11.8 Å². The van der Waals surface area contributed by atoms with Gasteiger partial charge in [0.2, 0.25) is 0 Å². The van der Waals surface area contributed by atoms with Crippen molar-refractivity contribution in [3.63, 3.8) is 0 Å². The number of allylic oxidation sites excluding steroid dienone is 2. The second kappa shape index (κ2) is 6.89. The van der Waals surface area contributed by atoms with E-state index in [1.807, 2.05) is 0 Å². The van der Waals surface area contributed by atoms with Crippen molar-refractivity contribution in [3.8, 4) is 0 Å². The first-order chi connectivity index (χ1) is 5.72. The van der Waals surface area contributed by atoms with Crippen molar-refractivity contribution in [2.24, 2.45) is 5.73 Å². The van der Waals surface area contributed by atoms with Gasteiger partial charge in [0, 0.05) is 6.42 Å². The lowest BCUT2D eigenvalue weighted by atomic mass is 10.1. The maximum absolute atomic E-state index is 11.1. The third-order valence-corrected chi connectivity index (χ3v) is 1.89. The number of ketones is 1. The molecule has 2 N–H and O–H groups in total. The molecule has 2 heteroatoms. The van der Waals surface area contributed by atoms with Crippen LogP contribution in [-0.4, -0.2) is 5.78 Å². The van der Waals surface area contributed by atoms with Crippen molar-refractivity contribution < 1.29 is 4.79 Å². The van der Waals surface area contributed by atoms with Crippen LogP contribution in [-0.2, 0) is 4.79 Å². The number of unbranched alkanes of at least 4 members (excludes halogenated alkanes) is 3. The van der Waals surface area contributed by atoms with Gasteiger partial charge in [0.05, 0.1) is 5.70 Å². The smallest absolute Gasteiger partial charge is 0.178 e. The molecule has 70 valence electrons. The average Bonchev–Trinajstić information content (AvgIpc) is 2.10. The van der Waals surface area contributed by atoms with Crippen molar-refractivity contribution in [3.05, 3.63) is 11.8 Å². The van der Waals surface area contributed by atoms with Gasteiger partial charge in [0.1, 0.15) is 0 Å². The summed E-state index contributed by atoms with van der Waals surface area (Å²) in [6, 6.07) is 0. The number of hydrogen-bond acceptors (Lipinski definition) is 2. The normalized spacial score (nSPS) is 11.7. The highest BCUT2D eigenvalue weighted by Gasteiger charge is 2.02. The molecular formula is C10H19NO. The van der Waals surface area contributed by atoms with Gasteiger partial charge in [-0.05, 0) is 13.3 Å². The third-order valence-electron chi connectivity index (χ3n) is 1.89. The molecule has 0 aromatic rings. The molecule has 0 bridgehead atoms. The lowest BCUT2D eigenvalue weighted by Crippen LogP contribution is -2.10. The van der Waals surface area contributed by atoms with Crippen LogP contribution in [0.25, 0.3) is 0 Å². The molecule has 0 spiro atoms. The largest absolute Gasteiger partial charge is 0.396 e. The molecule has 0 atom stereocenters. The molecule has 0 aliphatic carbocycles. The molecule has 0 radical (unpaired) electrons. The molecule has 12 heavy (non-hydrogen) atoms. The molecule has 0 aromatic carbocycles. The summed E-state index contributed by atoms with van der Waals surface area (Å²) < 4.78 is 0. The minimum atomic E-state index is 0.0913. The van der Waals surface area contributed by atoms with Gasteiger partial charge in [-0.2, -0.15) is 0 Å².